The molecule has 1 aromatic heterocycles. The van der Waals surface area contributed by atoms with E-state index in [0.29, 0.717) is 29.0 Å². The molecule has 6 nitrogen and oxygen atoms in total. The van der Waals surface area contributed by atoms with Crippen molar-refractivity contribution in [2.24, 2.45) is 0 Å². The highest BCUT2D eigenvalue weighted by atomic mass is 16.6. The molecule has 0 aliphatic heterocycles. The molecule has 1 atom stereocenters. The number of pyridine rings is 1. The molecule has 2 aromatic carbocycles. The molecule has 1 heterocycles. The van der Waals surface area contributed by atoms with Crippen molar-refractivity contribution < 1.29 is 14.5 Å². The zero-order chi connectivity index (χ0) is 18.1. The van der Waals surface area contributed by atoms with Gasteiger partial charge >= 0.3 is 0 Å². The van der Waals surface area contributed by atoms with Crippen LogP contribution >= 0.6 is 0 Å². The molecule has 0 fully saturated rings. The first kappa shape index (κ1) is 16.0. The molecule has 1 aliphatic rings. The van der Waals surface area contributed by atoms with E-state index in [9.17, 15) is 14.9 Å². The number of carbonyl (C=O) groups is 1. The van der Waals surface area contributed by atoms with Gasteiger partial charge in [-0.05, 0) is 42.0 Å². The monoisotopic (exact) mass is 346 g/mol. The van der Waals surface area contributed by atoms with Crippen LogP contribution in [0, 0.1) is 10.1 Å². The molecule has 1 aliphatic carbocycles. The number of aromatic nitrogens is 1. The lowest BCUT2D eigenvalue weighted by atomic mass is 9.95. The number of carbonyl (C=O) groups excluding carboxylic acids is 1. The van der Waals surface area contributed by atoms with Gasteiger partial charge in [-0.1, -0.05) is 30.3 Å². The van der Waals surface area contributed by atoms with Gasteiger partial charge < -0.3 is 4.74 Å². The Bertz CT molecular complexity index is 1040. The first-order valence-electron chi connectivity index (χ1n) is 8.09. The molecule has 4 rings (SSSR count). The third-order valence-corrected chi connectivity index (χ3v) is 4.26. The van der Waals surface area contributed by atoms with Crippen LogP contribution < -0.4 is 4.74 Å². The summed E-state index contributed by atoms with van der Waals surface area (Å²) in [6.07, 6.45) is 2.81. The first-order valence-corrected chi connectivity index (χ1v) is 8.09. The van der Waals surface area contributed by atoms with Crippen LogP contribution in [-0.4, -0.2) is 21.7 Å². The number of ketones is 1. The van der Waals surface area contributed by atoms with Crippen LogP contribution in [0.5, 0.6) is 5.75 Å². The number of nitrogens with zero attached hydrogens (tertiary/aromatic N) is 2. The van der Waals surface area contributed by atoms with Gasteiger partial charge in [-0.2, -0.15) is 0 Å². The number of fused-ring (bicyclic) bond motifs is 2. The minimum absolute atomic E-state index is 0.266. The number of rotatable bonds is 4. The molecule has 128 valence electrons. The number of nitro groups is 1. The highest BCUT2D eigenvalue weighted by Gasteiger charge is 2.33. The Kier molecular flexibility index (Phi) is 3.93. The second-order valence-electron chi connectivity index (χ2n) is 6.00. The van der Waals surface area contributed by atoms with Crippen LogP contribution in [0.2, 0.25) is 0 Å². The first-order chi connectivity index (χ1) is 12.6. The third-order valence-electron chi connectivity index (χ3n) is 4.26. The fraction of sp³-hybridized carbons (Fsp3) is 0.100. The van der Waals surface area contributed by atoms with Gasteiger partial charge in [0.1, 0.15) is 12.4 Å². The van der Waals surface area contributed by atoms with E-state index >= 15 is 0 Å². The predicted octanol–water partition coefficient (Wildman–Crippen LogP) is 3.67. The highest BCUT2D eigenvalue weighted by Crippen LogP contribution is 2.26. The van der Waals surface area contributed by atoms with Gasteiger partial charge in [-0.25, -0.2) is 4.98 Å². The van der Waals surface area contributed by atoms with Crippen LogP contribution in [0.3, 0.4) is 0 Å². The number of Topliss-reactive ketones (excluding diaryl/α,β-unsaturated/α-hetero) is 1. The van der Waals surface area contributed by atoms with Crippen LogP contribution in [-0.2, 0) is 6.61 Å². The lowest BCUT2D eigenvalue weighted by molar-refractivity contribution is -0.492. The normalized spacial score (nSPS) is 15.7. The minimum atomic E-state index is -1.35. The largest absolute Gasteiger partial charge is 0.489 e. The van der Waals surface area contributed by atoms with Gasteiger partial charge in [-0.3, -0.25) is 14.9 Å². The van der Waals surface area contributed by atoms with E-state index in [1.165, 1.54) is 12.2 Å². The Morgan fingerprint density at radius 1 is 1.12 bits per heavy atom. The van der Waals surface area contributed by atoms with Crippen molar-refractivity contribution in [1.29, 1.82) is 0 Å². The number of ether oxygens (including phenoxy) is 1. The molecular weight excluding hydrogens is 332 g/mol. The summed E-state index contributed by atoms with van der Waals surface area (Å²) in [5.74, 6) is 0.102. The summed E-state index contributed by atoms with van der Waals surface area (Å²) < 4.78 is 5.80. The molecule has 3 aromatic rings. The van der Waals surface area contributed by atoms with Crippen molar-refractivity contribution >= 4 is 22.8 Å². The van der Waals surface area contributed by atoms with Gasteiger partial charge in [-0.15, -0.1) is 0 Å². The summed E-state index contributed by atoms with van der Waals surface area (Å²) in [5, 5.41) is 11.7. The number of hydrogen-bond acceptors (Lipinski definition) is 5. The van der Waals surface area contributed by atoms with Crippen LogP contribution in [0.4, 0.5) is 0 Å². The van der Waals surface area contributed by atoms with E-state index in [4.69, 9.17) is 4.74 Å². The average molecular weight is 346 g/mol. The highest BCUT2D eigenvalue weighted by molar-refractivity contribution is 6.07. The topological polar surface area (TPSA) is 82.3 Å². The van der Waals surface area contributed by atoms with E-state index in [0.717, 1.165) is 5.56 Å². The Hall–Kier alpha value is -3.54. The standard InChI is InChI=1S/C20H14N2O4/c23-20-16-11-14-10-15(26-12-13-4-2-1-3-5-13)6-7-17(14)21-18(16)8-9-19(20)22(24)25/h1-11,19H,12H2. The molecule has 26 heavy (non-hydrogen) atoms. The van der Waals surface area contributed by atoms with Crippen molar-refractivity contribution in [3.63, 3.8) is 0 Å². The molecule has 0 saturated carbocycles. The third kappa shape index (κ3) is 2.93. The number of benzene rings is 2. The van der Waals surface area contributed by atoms with Gasteiger partial charge in [0.05, 0.1) is 16.8 Å². The molecule has 0 amide bonds. The van der Waals surface area contributed by atoms with Gasteiger partial charge in [0.2, 0.25) is 5.78 Å². The zero-order valence-corrected chi connectivity index (χ0v) is 13.7. The fourth-order valence-electron chi connectivity index (χ4n) is 2.92. The van der Waals surface area contributed by atoms with Crippen molar-refractivity contribution in [1.82, 2.24) is 4.98 Å². The predicted molar refractivity (Wildman–Crippen MR) is 96.7 cm³/mol. The summed E-state index contributed by atoms with van der Waals surface area (Å²) in [6, 6.07) is 15.5. The molecule has 0 N–H and O–H groups in total. The molecule has 0 spiro atoms. The summed E-state index contributed by atoms with van der Waals surface area (Å²) in [7, 11) is 0. The van der Waals surface area contributed by atoms with E-state index in [-0.39, 0.29) is 5.56 Å². The summed E-state index contributed by atoms with van der Waals surface area (Å²) in [6.45, 7) is 0.426. The molecule has 0 bridgehead atoms. The summed E-state index contributed by atoms with van der Waals surface area (Å²) in [5.41, 5.74) is 2.47. The van der Waals surface area contributed by atoms with E-state index in [1.807, 2.05) is 42.5 Å². The second kappa shape index (κ2) is 6.40. The Labute approximate surface area is 148 Å². The van der Waals surface area contributed by atoms with Crippen molar-refractivity contribution in [2.45, 2.75) is 12.6 Å². The quantitative estimate of drug-likeness (QED) is 0.532. The average Bonchev–Trinajstić information content (AvgIpc) is 2.66. The lowest BCUT2D eigenvalue weighted by Gasteiger charge is -2.13. The zero-order valence-electron chi connectivity index (χ0n) is 13.7. The van der Waals surface area contributed by atoms with Crippen LogP contribution in [0.1, 0.15) is 21.6 Å². The fourth-order valence-corrected chi connectivity index (χ4v) is 2.92. The van der Waals surface area contributed by atoms with Crippen molar-refractivity contribution in [3.05, 3.63) is 87.6 Å². The summed E-state index contributed by atoms with van der Waals surface area (Å²) >= 11 is 0. The Morgan fingerprint density at radius 2 is 1.92 bits per heavy atom. The van der Waals surface area contributed by atoms with Crippen molar-refractivity contribution in [2.75, 3.05) is 0 Å². The van der Waals surface area contributed by atoms with E-state index in [2.05, 4.69) is 4.98 Å². The Balaban J connectivity index is 1.65. The molecule has 6 heteroatoms. The van der Waals surface area contributed by atoms with E-state index in [1.54, 1.807) is 12.1 Å². The molecule has 1 unspecified atom stereocenters. The smallest absolute Gasteiger partial charge is 0.293 e. The maximum atomic E-state index is 12.3. The van der Waals surface area contributed by atoms with Gasteiger partial charge in [0, 0.05) is 10.3 Å². The molecule has 0 radical (unpaired) electrons. The SMILES string of the molecule is O=C1c2cc3cc(OCc4ccccc4)ccc3nc2C=CC1[N+](=O)[O-]. The van der Waals surface area contributed by atoms with Gasteiger partial charge in [0.15, 0.2) is 0 Å². The number of hydrogen-bond donors (Lipinski definition) is 0. The molecular formula is C20H14N2O4. The maximum absolute atomic E-state index is 12.3. The minimum Gasteiger partial charge on any atom is -0.489 e. The lowest BCUT2D eigenvalue weighted by Crippen LogP contribution is -2.30. The van der Waals surface area contributed by atoms with Crippen molar-refractivity contribution in [3.8, 4) is 5.75 Å². The van der Waals surface area contributed by atoms with Gasteiger partial charge in [0.25, 0.3) is 6.04 Å². The second-order valence-corrected chi connectivity index (χ2v) is 6.00. The van der Waals surface area contributed by atoms with Crippen LogP contribution in [0.15, 0.2) is 60.7 Å². The maximum Gasteiger partial charge on any atom is 0.293 e. The Morgan fingerprint density at radius 3 is 2.69 bits per heavy atom. The van der Waals surface area contributed by atoms with E-state index < -0.39 is 16.7 Å². The summed E-state index contributed by atoms with van der Waals surface area (Å²) in [4.78, 5) is 27.2. The van der Waals surface area contributed by atoms with Crippen LogP contribution in [0.25, 0.3) is 17.0 Å². The molecule has 0 saturated heterocycles.